The normalized spacial score (nSPS) is 11.6. The third-order valence-corrected chi connectivity index (χ3v) is 3.59. The third-order valence-electron chi connectivity index (χ3n) is 3.25. The summed E-state index contributed by atoms with van der Waals surface area (Å²) in [5.41, 5.74) is 2.79. The lowest BCUT2D eigenvalue weighted by molar-refractivity contribution is 0.627. The minimum atomic E-state index is -0.262. The highest BCUT2D eigenvalue weighted by molar-refractivity contribution is 6.32. The maximum Gasteiger partial charge on any atom is 0.137 e. The van der Waals surface area contributed by atoms with Crippen LogP contribution in [0, 0.1) is 5.82 Å². The zero-order valence-corrected chi connectivity index (χ0v) is 12.4. The molecule has 1 aromatic heterocycles. The SMILES string of the molecule is Fc1ccc(C(=Cc2ccccc2Cl)Cn2cncn2)cc1. The van der Waals surface area contributed by atoms with E-state index in [0.717, 1.165) is 16.7 Å². The molecule has 110 valence electrons. The van der Waals surface area contributed by atoms with Crippen molar-refractivity contribution in [3.05, 3.63) is 83.2 Å². The zero-order chi connectivity index (χ0) is 15.4. The minimum absolute atomic E-state index is 0.262. The average molecular weight is 314 g/mol. The van der Waals surface area contributed by atoms with E-state index in [4.69, 9.17) is 11.6 Å². The summed E-state index contributed by atoms with van der Waals surface area (Å²) in [6, 6.07) is 14.0. The fraction of sp³-hybridized carbons (Fsp3) is 0.0588. The van der Waals surface area contributed by atoms with E-state index < -0.39 is 0 Å². The number of rotatable bonds is 4. The topological polar surface area (TPSA) is 30.7 Å². The molecule has 0 saturated carbocycles. The molecule has 0 N–H and O–H groups in total. The van der Waals surface area contributed by atoms with Crippen LogP contribution in [0.3, 0.4) is 0 Å². The lowest BCUT2D eigenvalue weighted by Crippen LogP contribution is -2.01. The van der Waals surface area contributed by atoms with E-state index in [-0.39, 0.29) is 5.82 Å². The number of benzene rings is 2. The van der Waals surface area contributed by atoms with Crippen molar-refractivity contribution in [1.29, 1.82) is 0 Å². The van der Waals surface area contributed by atoms with E-state index in [1.54, 1.807) is 23.1 Å². The summed E-state index contributed by atoms with van der Waals surface area (Å²) in [6.07, 6.45) is 5.11. The van der Waals surface area contributed by atoms with E-state index in [1.807, 2.05) is 30.3 Å². The van der Waals surface area contributed by atoms with Gasteiger partial charge in [-0.05, 0) is 41.0 Å². The molecular formula is C17H13ClFN3. The molecule has 22 heavy (non-hydrogen) atoms. The predicted molar refractivity (Wildman–Crippen MR) is 85.7 cm³/mol. The Labute approximate surface area is 132 Å². The summed E-state index contributed by atoms with van der Waals surface area (Å²) in [5.74, 6) is -0.262. The molecule has 3 aromatic rings. The van der Waals surface area contributed by atoms with Crippen molar-refractivity contribution in [2.24, 2.45) is 0 Å². The molecule has 0 unspecified atom stereocenters. The number of halogens is 2. The summed E-state index contributed by atoms with van der Waals surface area (Å²) in [5, 5.41) is 4.79. The van der Waals surface area contributed by atoms with Gasteiger partial charge in [0, 0.05) is 5.02 Å². The molecule has 0 aliphatic heterocycles. The Morgan fingerprint density at radius 2 is 1.91 bits per heavy atom. The Bertz CT molecular complexity index is 780. The first-order valence-corrected chi connectivity index (χ1v) is 7.13. The Hall–Kier alpha value is -2.46. The van der Waals surface area contributed by atoms with Crippen LogP contribution in [0.2, 0.25) is 5.02 Å². The second-order valence-electron chi connectivity index (χ2n) is 4.79. The van der Waals surface area contributed by atoms with Crippen molar-refractivity contribution in [3.8, 4) is 0 Å². The summed E-state index contributed by atoms with van der Waals surface area (Å²) in [6.45, 7) is 0.525. The molecule has 0 saturated heterocycles. The van der Waals surface area contributed by atoms with Gasteiger partial charge in [0.15, 0.2) is 0 Å². The monoisotopic (exact) mass is 313 g/mol. The van der Waals surface area contributed by atoms with Gasteiger partial charge in [-0.3, -0.25) is 0 Å². The molecule has 0 atom stereocenters. The van der Waals surface area contributed by atoms with E-state index in [2.05, 4.69) is 10.1 Å². The first-order valence-electron chi connectivity index (χ1n) is 6.76. The third kappa shape index (κ3) is 3.40. The maximum absolute atomic E-state index is 13.2. The maximum atomic E-state index is 13.2. The number of aromatic nitrogens is 3. The van der Waals surface area contributed by atoms with Crippen molar-refractivity contribution >= 4 is 23.3 Å². The number of nitrogens with zero attached hydrogens (tertiary/aromatic N) is 3. The van der Waals surface area contributed by atoms with Crippen LogP contribution in [0.15, 0.2) is 61.2 Å². The van der Waals surface area contributed by atoms with Gasteiger partial charge in [0.2, 0.25) is 0 Å². The Balaban J connectivity index is 2.02. The van der Waals surface area contributed by atoms with Gasteiger partial charge in [-0.2, -0.15) is 5.10 Å². The molecule has 0 bridgehead atoms. The van der Waals surface area contributed by atoms with Crippen molar-refractivity contribution in [1.82, 2.24) is 14.8 Å². The number of allylic oxidation sites excluding steroid dienone is 1. The lowest BCUT2D eigenvalue weighted by atomic mass is 10.0. The summed E-state index contributed by atoms with van der Waals surface area (Å²) in [4.78, 5) is 3.95. The van der Waals surface area contributed by atoms with E-state index in [0.29, 0.717) is 11.6 Å². The van der Waals surface area contributed by atoms with Crippen LogP contribution in [0.5, 0.6) is 0 Å². The van der Waals surface area contributed by atoms with Crippen LogP contribution in [0.1, 0.15) is 11.1 Å². The molecule has 3 nitrogen and oxygen atoms in total. The van der Waals surface area contributed by atoms with E-state index in [1.165, 1.54) is 18.5 Å². The van der Waals surface area contributed by atoms with Gasteiger partial charge in [0.05, 0.1) is 6.54 Å². The molecule has 0 amide bonds. The van der Waals surface area contributed by atoms with Gasteiger partial charge in [-0.25, -0.2) is 14.1 Å². The Kier molecular flexibility index (Phi) is 4.30. The van der Waals surface area contributed by atoms with Gasteiger partial charge in [-0.1, -0.05) is 41.9 Å². The standard InChI is InChI=1S/C17H13ClFN3/c18-17-4-2-1-3-14(17)9-15(10-22-12-20-11-21-22)13-5-7-16(19)8-6-13/h1-9,11-12H,10H2. The molecule has 0 aliphatic carbocycles. The fourth-order valence-electron chi connectivity index (χ4n) is 2.15. The van der Waals surface area contributed by atoms with Crippen molar-refractivity contribution in [3.63, 3.8) is 0 Å². The van der Waals surface area contributed by atoms with Crippen LogP contribution in [-0.2, 0) is 6.54 Å². The quantitative estimate of drug-likeness (QED) is 0.672. The van der Waals surface area contributed by atoms with Gasteiger partial charge in [0.25, 0.3) is 0 Å². The largest absolute Gasteiger partial charge is 0.249 e. The van der Waals surface area contributed by atoms with Crippen molar-refractivity contribution in [2.45, 2.75) is 6.54 Å². The summed E-state index contributed by atoms with van der Waals surface area (Å²) >= 11 is 6.22. The molecule has 3 rings (SSSR count). The van der Waals surface area contributed by atoms with E-state index in [9.17, 15) is 4.39 Å². The van der Waals surface area contributed by atoms with Crippen LogP contribution >= 0.6 is 11.6 Å². The molecule has 2 aromatic carbocycles. The molecule has 0 radical (unpaired) electrons. The number of hydrogen-bond acceptors (Lipinski definition) is 2. The number of hydrogen-bond donors (Lipinski definition) is 0. The van der Waals surface area contributed by atoms with Crippen LogP contribution in [-0.4, -0.2) is 14.8 Å². The predicted octanol–water partition coefficient (Wildman–Crippen LogP) is 4.31. The second kappa shape index (κ2) is 6.54. The van der Waals surface area contributed by atoms with Gasteiger partial charge < -0.3 is 0 Å². The Morgan fingerprint density at radius 1 is 1.14 bits per heavy atom. The molecule has 0 fully saturated rings. The first-order chi connectivity index (χ1) is 10.7. The Morgan fingerprint density at radius 3 is 2.59 bits per heavy atom. The second-order valence-corrected chi connectivity index (χ2v) is 5.20. The average Bonchev–Trinajstić information content (AvgIpc) is 3.03. The smallest absolute Gasteiger partial charge is 0.137 e. The fourth-order valence-corrected chi connectivity index (χ4v) is 2.34. The van der Waals surface area contributed by atoms with Gasteiger partial charge >= 0.3 is 0 Å². The van der Waals surface area contributed by atoms with Crippen molar-refractivity contribution in [2.75, 3.05) is 0 Å². The zero-order valence-electron chi connectivity index (χ0n) is 11.7. The molecule has 5 heteroatoms. The molecule has 0 spiro atoms. The molecular weight excluding hydrogens is 301 g/mol. The summed E-state index contributed by atoms with van der Waals surface area (Å²) in [7, 11) is 0. The minimum Gasteiger partial charge on any atom is -0.249 e. The first kappa shape index (κ1) is 14.5. The highest BCUT2D eigenvalue weighted by Crippen LogP contribution is 2.24. The lowest BCUT2D eigenvalue weighted by Gasteiger charge is -2.09. The molecule has 0 aliphatic rings. The van der Waals surface area contributed by atoms with Crippen LogP contribution in [0.25, 0.3) is 11.6 Å². The van der Waals surface area contributed by atoms with Crippen LogP contribution < -0.4 is 0 Å². The van der Waals surface area contributed by atoms with Gasteiger partial charge in [0.1, 0.15) is 18.5 Å². The van der Waals surface area contributed by atoms with E-state index >= 15 is 0 Å². The molecule has 1 heterocycles. The van der Waals surface area contributed by atoms with Gasteiger partial charge in [-0.15, -0.1) is 0 Å². The van der Waals surface area contributed by atoms with Crippen molar-refractivity contribution < 1.29 is 4.39 Å². The highest BCUT2D eigenvalue weighted by atomic mass is 35.5. The highest BCUT2D eigenvalue weighted by Gasteiger charge is 2.06. The van der Waals surface area contributed by atoms with Crippen LogP contribution in [0.4, 0.5) is 4.39 Å². The summed E-state index contributed by atoms with van der Waals surface area (Å²) < 4.78 is 14.9.